The number of hydrogen-bond acceptors (Lipinski definition) is 3. The highest BCUT2D eigenvalue weighted by Crippen LogP contribution is 2.20. The Morgan fingerprint density at radius 2 is 2.00 bits per heavy atom. The van der Waals surface area contributed by atoms with Gasteiger partial charge in [0, 0.05) is 16.7 Å². The molecular weight excluding hydrogens is 282 g/mol. The van der Waals surface area contributed by atoms with Gasteiger partial charge in [-0.05, 0) is 60.8 Å². The Morgan fingerprint density at radius 1 is 1.20 bits per heavy atom. The highest BCUT2D eigenvalue weighted by atomic mass is 32.2. The van der Waals surface area contributed by atoms with Crippen LogP contribution in [0.4, 0.5) is 0 Å². The first-order chi connectivity index (χ1) is 9.78. The minimum atomic E-state index is 0.552. The molecule has 0 saturated heterocycles. The number of thiophene rings is 1. The van der Waals surface area contributed by atoms with E-state index < -0.39 is 0 Å². The average molecular weight is 306 g/mol. The van der Waals surface area contributed by atoms with Crippen LogP contribution in [-0.4, -0.2) is 18.3 Å². The van der Waals surface area contributed by atoms with E-state index in [0.717, 1.165) is 18.7 Å². The van der Waals surface area contributed by atoms with Gasteiger partial charge in [-0.2, -0.15) is 11.3 Å². The molecule has 0 spiro atoms. The molecule has 1 aromatic carbocycles. The Morgan fingerprint density at radius 3 is 2.65 bits per heavy atom. The molecule has 1 aromatic heterocycles. The summed E-state index contributed by atoms with van der Waals surface area (Å²) in [5, 5.41) is 8.10. The fourth-order valence-electron chi connectivity index (χ4n) is 2.06. The summed E-state index contributed by atoms with van der Waals surface area (Å²) >= 11 is 3.74. The minimum absolute atomic E-state index is 0.552. The standard InChI is InChI=1S/C17H23NS2/c1-3-9-18-16(11-15-8-10-19-12-15)13-20-17-6-4-14(2)5-7-17/h4-8,10,12,16,18H,3,9,11,13H2,1-2H3. The van der Waals surface area contributed by atoms with Crippen molar-refractivity contribution >= 4 is 23.1 Å². The minimum Gasteiger partial charge on any atom is -0.313 e. The third-order valence-corrected chi connectivity index (χ3v) is 5.12. The van der Waals surface area contributed by atoms with Crippen molar-refractivity contribution < 1.29 is 0 Å². The van der Waals surface area contributed by atoms with Crippen molar-refractivity contribution in [2.24, 2.45) is 0 Å². The van der Waals surface area contributed by atoms with E-state index >= 15 is 0 Å². The van der Waals surface area contributed by atoms with Crippen LogP contribution in [-0.2, 0) is 6.42 Å². The smallest absolute Gasteiger partial charge is 0.0202 e. The van der Waals surface area contributed by atoms with Crippen LogP contribution in [0.1, 0.15) is 24.5 Å². The lowest BCUT2D eigenvalue weighted by Gasteiger charge is -2.17. The number of thioether (sulfide) groups is 1. The van der Waals surface area contributed by atoms with Crippen LogP contribution < -0.4 is 5.32 Å². The van der Waals surface area contributed by atoms with Crippen LogP contribution in [0.15, 0.2) is 46.0 Å². The fourth-order valence-corrected chi connectivity index (χ4v) is 3.70. The molecule has 2 aromatic rings. The lowest BCUT2D eigenvalue weighted by Crippen LogP contribution is -2.33. The van der Waals surface area contributed by atoms with Gasteiger partial charge in [-0.3, -0.25) is 0 Å². The molecule has 0 radical (unpaired) electrons. The zero-order chi connectivity index (χ0) is 14.2. The largest absolute Gasteiger partial charge is 0.313 e. The van der Waals surface area contributed by atoms with E-state index in [9.17, 15) is 0 Å². The summed E-state index contributed by atoms with van der Waals surface area (Å²) in [6.07, 6.45) is 2.32. The molecule has 1 unspecified atom stereocenters. The summed E-state index contributed by atoms with van der Waals surface area (Å²) in [6, 6.07) is 11.6. The number of nitrogens with one attached hydrogen (secondary N) is 1. The van der Waals surface area contributed by atoms with Gasteiger partial charge < -0.3 is 5.32 Å². The van der Waals surface area contributed by atoms with Gasteiger partial charge in [0.25, 0.3) is 0 Å². The second kappa shape index (κ2) is 8.50. The number of benzene rings is 1. The predicted octanol–water partition coefficient (Wildman–Crippen LogP) is 4.76. The zero-order valence-corrected chi connectivity index (χ0v) is 13.9. The van der Waals surface area contributed by atoms with Crippen LogP contribution in [0.25, 0.3) is 0 Å². The quantitative estimate of drug-likeness (QED) is 0.706. The van der Waals surface area contributed by atoms with Crippen LogP contribution in [0.2, 0.25) is 0 Å². The van der Waals surface area contributed by atoms with E-state index in [-0.39, 0.29) is 0 Å². The molecule has 0 aliphatic carbocycles. The van der Waals surface area contributed by atoms with Crippen molar-refractivity contribution in [1.29, 1.82) is 0 Å². The zero-order valence-electron chi connectivity index (χ0n) is 12.3. The van der Waals surface area contributed by atoms with Crippen molar-refractivity contribution in [3.8, 4) is 0 Å². The predicted molar refractivity (Wildman–Crippen MR) is 92.0 cm³/mol. The highest BCUT2D eigenvalue weighted by Gasteiger charge is 2.10. The van der Waals surface area contributed by atoms with E-state index in [1.165, 1.54) is 22.4 Å². The summed E-state index contributed by atoms with van der Waals surface area (Å²) in [7, 11) is 0. The Bertz CT molecular complexity index is 476. The SMILES string of the molecule is CCCNC(CSc1ccc(C)cc1)Cc1ccsc1. The van der Waals surface area contributed by atoms with E-state index in [4.69, 9.17) is 0 Å². The van der Waals surface area contributed by atoms with E-state index in [0.29, 0.717) is 6.04 Å². The number of rotatable bonds is 8. The Hall–Kier alpha value is -0.770. The second-order valence-corrected chi connectivity index (χ2v) is 6.98. The van der Waals surface area contributed by atoms with Crippen molar-refractivity contribution in [1.82, 2.24) is 5.32 Å². The van der Waals surface area contributed by atoms with Crippen molar-refractivity contribution in [3.63, 3.8) is 0 Å². The first kappa shape index (κ1) is 15.6. The van der Waals surface area contributed by atoms with Crippen molar-refractivity contribution in [2.75, 3.05) is 12.3 Å². The molecule has 1 atom stereocenters. The second-order valence-electron chi connectivity index (χ2n) is 5.11. The van der Waals surface area contributed by atoms with Crippen molar-refractivity contribution in [3.05, 3.63) is 52.2 Å². The van der Waals surface area contributed by atoms with Crippen LogP contribution in [0, 0.1) is 6.92 Å². The maximum Gasteiger partial charge on any atom is 0.0202 e. The van der Waals surface area contributed by atoms with Gasteiger partial charge in [0.05, 0.1) is 0 Å². The molecule has 0 saturated carbocycles. The molecule has 0 bridgehead atoms. The van der Waals surface area contributed by atoms with Gasteiger partial charge in [0.2, 0.25) is 0 Å². The first-order valence-electron chi connectivity index (χ1n) is 7.22. The summed E-state index contributed by atoms with van der Waals surface area (Å²) in [6.45, 7) is 5.46. The molecular formula is C17H23NS2. The maximum atomic E-state index is 3.67. The number of aryl methyl sites for hydroxylation is 1. The molecule has 0 aliphatic rings. The third kappa shape index (κ3) is 5.31. The van der Waals surface area contributed by atoms with Gasteiger partial charge in [0.1, 0.15) is 0 Å². The maximum absolute atomic E-state index is 3.67. The lowest BCUT2D eigenvalue weighted by atomic mass is 10.1. The Balaban J connectivity index is 1.87. The van der Waals surface area contributed by atoms with Gasteiger partial charge in [-0.25, -0.2) is 0 Å². The molecule has 20 heavy (non-hydrogen) atoms. The van der Waals surface area contributed by atoms with Crippen molar-refractivity contribution in [2.45, 2.75) is 37.6 Å². The molecule has 1 N–H and O–H groups in total. The monoisotopic (exact) mass is 305 g/mol. The summed E-state index contributed by atoms with van der Waals surface area (Å²) in [4.78, 5) is 1.37. The molecule has 108 valence electrons. The number of hydrogen-bond donors (Lipinski definition) is 1. The molecule has 2 rings (SSSR count). The van der Waals surface area contributed by atoms with E-state index in [2.05, 4.69) is 60.3 Å². The average Bonchev–Trinajstić information content (AvgIpc) is 2.96. The highest BCUT2D eigenvalue weighted by molar-refractivity contribution is 7.99. The molecule has 1 nitrogen and oxygen atoms in total. The van der Waals surface area contributed by atoms with Crippen LogP contribution in [0.3, 0.4) is 0 Å². The van der Waals surface area contributed by atoms with Gasteiger partial charge in [-0.1, -0.05) is 24.6 Å². The third-order valence-electron chi connectivity index (χ3n) is 3.22. The van der Waals surface area contributed by atoms with Crippen LogP contribution in [0.5, 0.6) is 0 Å². The van der Waals surface area contributed by atoms with Crippen LogP contribution >= 0.6 is 23.1 Å². The molecule has 1 heterocycles. The topological polar surface area (TPSA) is 12.0 Å². The normalized spacial score (nSPS) is 12.5. The summed E-state index contributed by atoms with van der Waals surface area (Å²) in [5.41, 5.74) is 2.78. The first-order valence-corrected chi connectivity index (χ1v) is 9.14. The lowest BCUT2D eigenvalue weighted by molar-refractivity contribution is 0.551. The fraction of sp³-hybridized carbons (Fsp3) is 0.412. The van der Waals surface area contributed by atoms with E-state index in [1.807, 2.05) is 11.8 Å². The van der Waals surface area contributed by atoms with Gasteiger partial charge >= 0.3 is 0 Å². The molecule has 3 heteroatoms. The Labute approximate surface area is 130 Å². The molecule has 0 amide bonds. The molecule has 0 aliphatic heterocycles. The Kier molecular flexibility index (Phi) is 6.64. The summed E-state index contributed by atoms with van der Waals surface area (Å²) < 4.78 is 0. The van der Waals surface area contributed by atoms with Gasteiger partial charge in [0.15, 0.2) is 0 Å². The van der Waals surface area contributed by atoms with Gasteiger partial charge in [-0.15, -0.1) is 11.8 Å². The van der Waals surface area contributed by atoms with E-state index in [1.54, 1.807) is 11.3 Å². The molecule has 0 fully saturated rings. The summed E-state index contributed by atoms with van der Waals surface area (Å²) in [5.74, 6) is 1.12.